The van der Waals surface area contributed by atoms with Crippen LogP contribution < -0.4 is 25.8 Å². The van der Waals surface area contributed by atoms with Crippen molar-refractivity contribution in [3.63, 3.8) is 0 Å². The van der Waals surface area contributed by atoms with Crippen LogP contribution >= 0.6 is 0 Å². The number of carbonyl (C=O) groups excluding carboxylic acids is 1. The maximum absolute atomic E-state index is 12.4. The second-order valence-corrected chi connectivity index (χ2v) is 7.25. The molecular weight excluding hydrogens is 386 g/mol. The molecule has 1 saturated carbocycles. The van der Waals surface area contributed by atoms with Gasteiger partial charge < -0.3 is 30.3 Å². The lowest BCUT2D eigenvalue weighted by Gasteiger charge is -2.32. The van der Waals surface area contributed by atoms with Crippen LogP contribution in [0.5, 0.6) is 11.5 Å². The molecular formula is C21H25N5O4. The molecule has 3 aromatic rings. The molecule has 4 rings (SSSR count). The highest BCUT2D eigenvalue weighted by Gasteiger charge is 2.28. The fraction of sp³-hybridized carbons (Fsp3) is 0.381. The normalized spacial score (nSPS) is 18.7. The van der Waals surface area contributed by atoms with E-state index >= 15 is 0 Å². The molecule has 1 aliphatic rings. The Labute approximate surface area is 174 Å². The summed E-state index contributed by atoms with van der Waals surface area (Å²) in [5, 5.41) is 7.10. The summed E-state index contributed by atoms with van der Waals surface area (Å²) >= 11 is 0. The number of nitrogens with one attached hydrogen (secondary N) is 2. The first-order valence-electron chi connectivity index (χ1n) is 9.89. The molecule has 1 fully saturated rings. The Bertz CT molecular complexity index is 1040. The third kappa shape index (κ3) is 3.96. The zero-order valence-corrected chi connectivity index (χ0v) is 17.0. The molecule has 9 heteroatoms. The largest absolute Gasteiger partial charge is 0.493 e. The SMILES string of the molecule is COc1cc2nc(NC3CCCCC3NC(=O)c3ccco3)nc(N)c2cc1OC. The van der Waals surface area contributed by atoms with Crippen LogP contribution in [-0.2, 0) is 0 Å². The first kappa shape index (κ1) is 19.8. The van der Waals surface area contributed by atoms with E-state index in [2.05, 4.69) is 20.6 Å². The van der Waals surface area contributed by atoms with Crippen LogP contribution in [0, 0.1) is 0 Å². The van der Waals surface area contributed by atoms with Gasteiger partial charge in [0.15, 0.2) is 17.3 Å². The highest BCUT2D eigenvalue weighted by molar-refractivity contribution is 5.92. The lowest BCUT2D eigenvalue weighted by atomic mass is 9.90. The molecule has 158 valence electrons. The number of nitrogens with zero attached hydrogens (tertiary/aromatic N) is 2. The standard InChI is InChI=1S/C21H25N5O4/c1-28-17-10-12-15(11-18(17)29-2)25-21(26-19(12)22)24-14-7-4-3-6-13(14)23-20(27)16-8-5-9-30-16/h5,8-11,13-14H,3-4,6-7H2,1-2H3,(H,23,27)(H3,22,24,25,26). The Morgan fingerprint density at radius 3 is 2.57 bits per heavy atom. The summed E-state index contributed by atoms with van der Waals surface area (Å²) in [4.78, 5) is 21.4. The van der Waals surface area contributed by atoms with E-state index in [1.54, 1.807) is 38.5 Å². The Kier molecular flexibility index (Phi) is 5.60. The predicted octanol–water partition coefficient (Wildman–Crippen LogP) is 2.98. The number of aromatic nitrogens is 2. The maximum Gasteiger partial charge on any atom is 0.287 e. The van der Waals surface area contributed by atoms with Gasteiger partial charge in [-0.15, -0.1) is 0 Å². The number of rotatable bonds is 6. The van der Waals surface area contributed by atoms with Crippen molar-refractivity contribution in [2.45, 2.75) is 37.8 Å². The van der Waals surface area contributed by atoms with Gasteiger partial charge in [0.05, 0.1) is 26.0 Å². The van der Waals surface area contributed by atoms with Crippen LogP contribution in [0.1, 0.15) is 36.2 Å². The fourth-order valence-electron chi connectivity index (χ4n) is 3.83. The van der Waals surface area contributed by atoms with Gasteiger partial charge in [-0.3, -0.25) is 4.79 Å². The number of carbonyl (C=O) groups is 1. The van der Waals surface area contributed by atoms with Crippen molar-refractivity contribution in [3.8, 4) is 11.5 Å². The topological polar surface area (TPSA) is 125 Å². The van der Waals surface area contributed by atoms with Crippen LogP contribution in [0.4, 0.5) is 11.8 Å². The number of methoxy groups -OCH3 is 2. The molecule has 2 aromatic heterocycles. The molecule has 1 aliphatic carbocycles. The number of hydrogen-bond donors (Lipinski definition) is 3. The Balaban J connectivity index is 1.57. The second kappa shape index (κ2) is 8.48. The quantitative estimate of drug-likeness (QED) is 0.565. The average Bonchev–Trinajstić information content (AvgIpc) is 3.29. The monoisotopic (exact) mass is 411 g/mol. The summed E-state index contributed by atoms with van der Waals surface area (Å²) in [7, 11) is 3.14. The molecule has 9 nitrogen and oxygen atoms in total. The summed E-state index contributed by atoms with van der Waals surface area (Å²) in [6.45, 7) is 0. The minimum atomic E-state index is -0.227. The highest BCUT2D eigenvalue weighted by Crippen LogP contribution is 2.34. The van der Waals surface area contributed by atoms with Crippen LogP contribution in [-0.4, -0.2) is 42.2 Å². The number of benzene rings is 1. The van der Waals surface area contributed by atoms with Crippen molar-refractivity contribution >= 4 is 28.6 Å². The number of anilines is 2. The van der Waals surface area contributed by atoms with Crippen LogP contribution in [0.15, 0.2) is 34.9 Å². The van der Waals surface area contributed by atoms with E-state index in [0.29, 0.717) is 39.9 Å². The summed E-state index contributed by atoms with van der Waals surface area (Å²) in [5.74, 6) is 1.96. The number of amides is 1. The summed E-state index contributed by atoms with van der Waals surface area (Å²) < 4.78 is 15.9. The van der Waals surface area contributed by atoms with E-state index in [4.69, 9.17) is 19.6 Å². The molecule has 30 heavy (non-hydrogen) atoms. The average molecular weight is 411 g/mol. The number of nitrogen functional groups attached to an aromatic ring is 1. The molecule has 4 N–H and O–H groups in total. The van der Waals surface area contributed by atoms with Crippen LogP contribution in [0.3, 0.4) is 0 Å². The molecule has 0 saturated heterocycles. The Morgan fingerprint density at radius 1 is 1.13 bits per heavy atom. The van der Waals surface area contributed by atoms with Crippen molar-refractivity contribution in [3.05, 3.63) is 36.3 Å². The van der Waals surface area contributed by atoms with Crippen molar-refractivity contribution in [2.24, 2.45) is 0 Å². The summed E-state index contributed by atoms with van der Waals surface area (Å²) in [6, 6.07) is 6.79. The third-order valence-corrected chi connectivity index (χ3v) is 5.37. The molecule has 2 atom stereocenters. The number of ether oxygens (including phenoxy) is 2. The minimum Gasteiger partial charge on any atom is -0.493 e. The van der Waals surface area contributed by atoms with E-state index in [1.165, 1.54) is 6.26 Å². The van der Waals surface area contributed by atoms with Gasteiger partial charge in [-0.2, -0.15) is 4.98 Å². The lowest BCUT2D eigenvalue weighted by Crippen LogP contribution is -2.48. The molecule has 0 bridgehead atoms. The minimum absolute atomic E-state index is 0.0188. The van der Waals surface area contributed by atoms with E-state index in [-0.39, 0.29) is 18.0 Å². The number of fused-ring (bicyclic) bond motifs is 1. The summed E-state index contributed by atoms with van der Waals surface area (Å²) in [6.07, 6.45) is 5.33. The lowest BCUT2D eigenvalue weighted by molar-refractivity contribution is 0.0895. The van der Waals surface area contributed by atoms with E-state index < -0.39 is 0 Å². The molecule has 0 aliphatic heterocycles. The van der Waals surface area contributed by atoms with Crippen LogP contribution in [0.25, 0.3) is 10.9 Å². The third-order valence-electron chi connectivity index (χ3n) is 5.37. The van der Waals surface area contributed by atoms with Crippen molar-refractivity contribution in [1.29, 1.82) is 0 Å². The van der Waals surface area contributed by atoms with Gasteiger partial charge in [0, 0.05) is 23.5 Å². The van der Waals surface area contributed by atoms with Gasteiger partial charge >= 0.3 is 0 Å². The Morgan fingerprint density at radius 2 is 1.87 bits per heavy atom. The first-order valence-corrected chi connectivity index (χ1v) is 9.89. The molecule has 1 aromatic carbocycles. The highest BCUT2D eigenvalue weighted by atomic mass is 16.5. The molecule has 1 amide bonds. The van der Waals surface area contributed by atoms with E-state index in [1.807, 2.05) is 0 Å². The van der Waals surface area contributed by atoms with Gasteiger partial charge in [0.2, 0.25) is 5.95 Å². The van der Waals surface area contributed by atoms with Gasteiger partial charge in [-0.05, 0) is 31.0 Å². The van der Waals surface area contributed by atoms with Crippen molar-refractivity contribution in [2.75, 3.05) is 25.3 Å². The maximum atomic E-state index is 12.4. The first-order chi connectivity index (χ1) is 14.6. The zero-order chi connectivity index (χ0) is 21.1. The van der Waals surface area contributed by atoms with E-state index in [9.17, 15) is 4.79 Å². The molecule has 0 spiro atoms. The van der Waals surface area contributed by atoms with Crippen molar-refractivity contribution < 1.29 is 18.7 Å². The summed E-state index contributed by atoms with van der Waals surface area (Å²) in [5.41, 5.74) is 6.84. The van der Waals surface area contributed by atoms with Gasteiger partial charge in [0.1, 0.15) is 5.82 Å². The number of furan rings is 1. The molecule has 2 heterocycles. The van der Waals surface area contributed by atoms with E-state index in [0.717, 1.165) is 25.7 Å². The van der Waals surface area contributed by atoms with Gasteiger partial charge in [0.25, 0.3) is 5.91 Å². The smallest absolute Gasteiger partial charge is 0.287 e. The predicted molar refractivity (Wildman–Crippen MR) is 113 cm³/mol. The molecule has 0 radical (unpaired) electrons. The van der Waals surface area contributed by atoms with Crippen LogP contribution in [0.2, 0.25) is 0 Å². The van der Waals surface area contributed by atoms with Crippen molar-refractivity contribution in [1.82, 2.24) is 15.3 Å². The molecule has 2 unspecified atom stereocenters. The van der Waals surface area contributed by atoms with Gasteiger partial charge in [-0.25, -0.2) is 4.98 Å². The number of nitrogens with two attached hydrogens (primary N) is 1. The van der Waals surface area contributed by atoms with Gasteiger partial charge in [-0.1, -0.05) is 12.8 Å². The fourth-order valence-corrected chi connectivity index (χ4v) is 3.83. The Hall–Kier alpha value is -3.49. The zero-order valence-electron chi connectivity index (χ0n) is 17.0. The second-order valence-electron chi connectivity index (χ2n) is 7.25. The number of hydrogen-bond acceptors (Lipinski definition) is 8.